The molecule has 0 aliphatic carbocycles. The molecule has 0 saturated carbocycles. The number of carbonyl (C=O) groups is 2. The monoisotopic (exact) mass is 444 g/mol. The lowest BCUT2D eigenvalue weighted by Crippen LogP contribution is -2.10. The van der Waals surface area contributed by atoms with Gasteiger partial charge in [-0.15, -0.1) is 0 Å². The molecule has 32 heavy (non-hydrogen) atoms. The quantitative estimate of drug-likeness (QED) is 0.336. The molecule has 0 unspecified atom stereocenters. The summed E-state index contributed by atoms with van der Waals surface area (Å²) in [5.41, 5.74) is 1.80. The highest BCUT2D eigenvalue weighted by molar-refractivity contribution is 6.02. The molecule has 0 fully saturated rings. The van der Waals surface area contributed by atoms with Gasteiger partial charge in [-0.3, -0.25) is 9.59 Å². The van der Waals surface area contributed by atoms with Crippen molar-refractivity contribution in [3.63, 3.8) is 0 Å². The lowest BCUT2D eigenvalue weighted by molar-refractivity contribution is -0.137. The number of methoxy groups -OCH3 is 4. The number of amides is 1. The normalized spacial score (nSPS) is 10.5. The van der Waals surface area contributed by atoms with Crippen molar-refractivity contribution < 1.29 is 33.6 Å². The number of rotatable bonds is 12. The summed E-state index contributed by atoms with van der Waals surface area (Å²) >= 11 is 0. The fourth-order valence-electron chi connectivity index (χ4n) is 2.93. The molecule has 0 aliphatic rings. The summed E-state index contributed by atoms with van der Waals surface area (Å²) < 4.78 is 21.3. The maximum absolute atomic E-state index is 12.5. The highest BCUT2D eigenvalue weighted by Crippen LogP contribution is 2.35. The first-order chi connectivity index (χ1) is 15.4. The third kappa shape index (κ3) is 6.83. The minimum absolute atomic E-state index is 0.0643. The van der Waals surface area contributed by atoms with E-state index in [1.54, 1.807) is 43.5 Å². The van der Waals surface area contributed by atoms with Gasteiger partial charge in [0.2, 0.25) is 5.91 Å². The van der Waals surface area contributed by atoms with Gasteiger partial charge in [-0.2, -0.15) is 0 Å². The van der Waals surface area contributed by atoms with Crippen LogP contribution in [0.5, 0.6) is 23.0 Å². The lowest BCUT2D eigenvalue weighted by Gasteiger charge is -2.13. The van der Waals surface area contributed by atoms with E-state index in [0.29, 0.717) is 52.9 Å². The van der Waals surface area contributed by atoms with Gasteiger partial charge in [0.15, 0.2) is 0 Å². The van der Waals surface area contributed by atoms with Crippen molar-refractivity contribution in [1.82, 2.24) is 0 Å². The molecule has 0 spiro atoms. The Bertz CT molecular complexity index is 948. The highest BCUT2D eigenvalue weighted by Gasteiger charge is 2.12. The summed E-state index contributed by atoms with van der Waals surface area (Å²) in [6.45, 7) is 0.455. The molecular weight excluding hydrogens is 416 g/mol. The molecule has 172 valence electrons. The van der Waals surface area contributed by atoms with E-state index in [0.717, 1.165) is 0 Å². The van der Waals surface area contributed by atoms with Crippen LogP contribution >= 0.6 is 0 Å². The van der Waals surface area contributed by atoms with E-state index in [9.17, 15) is 9.59 Å². The molecule has 9 nitrogen and oxygen atoms in total. The van der Waals surface area contributed by atoms with E-state index in [1.807, 2.05) is 0 Å². The zero-order chi connectivity index (χ0) is 23.5. The predicted octanol–water partition coefficient (Wildman–Crippen LogP) is 3.65. The Kier molecular flexibility index (Phi) is 9.22. The molecule has 0 atom stereocenters. The van der Waals surface area contributed by atoms with Crippen molar-refractivity contribution in [3.05, 3.63) is 42.0 Å². The van der Waals surface area contributed by atoms with Gasteiger partial charge in [0, 0.05) is 36.9 Å². The number of carboxylic acid groups (broad SMARTS) is 1. The van der Waals surface area contributed by atoms with E-state index in [2.05, 4.69) is 10.6 Å². The smallest absolute Gasteiger partial charge is 0.303 e. The second kappa shape index (κ2) is 12.1. The summed E-state index contributed by atoms with van der Waals surface area (Å²) in [6, 6.07) is 8.55. The van der Waals surface area contributed by atoms with Crippen LogP contribution in [-0.4, -0.2) is 52.0 Å². The van der Waals surface area contributed by atoms with Crippen LogP contribution in [-0.2, 0) is 9.59 Å². The van der Waals surface area contributed by atoms with Gasteiger partial charge in [-0.1, -0.05) is 0 Å². The van der Waals surface area contributed by atoms with Crippen molar-refractivity contribution in [2.24, 2.45) is 0 Å². The molecule has 9 heteroatoms. The zero-order valence-electron chi connectivity index (χ0n) is 18.6. The van der Waals surface area contributed by atoms with Gasteiger partial charge in [-0.25, -0.2) is 0 Å². The molecule has 2 aromatic rings. The Hall–Kier alpha value is -3.88. The molecule has 2 rings (SSSR count). The Labute approximate surface area is 186 Å². The average Bonchev–Trinajstić information content (AvgIpc) is 2.79. The number of aliphatic carboxylic acids is 1. The van der Waals surface area contributed by atoms with Crippen molar-refractivity contribution in [2.75, 3.05) is 45.6 Å². The van der Waals surface area contributed by atoms with E-state index >= 15 is 0 Å². The minimum Gasteiger partial charge on any atom is -0.496 e. The van der Waals surface area contributed by atoms with Gasteiger partial charge in [0.25, 0.3) is 0 Å². The van der Waals surface area contributed by atoms with Crippen molar-refractivity contribution >= 4 is 29.3 Å². The molecule has 0 aliphatic heterocycles. The van der Waals surface area contributed by atoms with Crippen LogP contribution in [0.3, 0.4) is 0 Å². The Morgan fingerprint density at radius 1 is 0.938 bits per heavy atom. The second-order valence-electron chi connectivity index (χ2n) is 6.61. The summed E-state index contributed by atoms with van der Waals surface area (Å²) in [6.07, 6.45) is 3.50. The molecule has 0 bridgehead atoms. The van der Waals surface area contributed by atoms with Crippen LogP contribution in [0.4, 0.5) is 11.4 Å². The maximum Gasteiger partial charge on any atom is 0.303 e. The summed E-state index contributed by atoms with van der Waals surface area (Å²) in [5.74, 6) is 0.956. The predicted molar refractivity (Wildman–Crippen MR) is 122 cm³/mol. The summed E-state index contributed by atoms with van der Waals surface area (Å²) in [4.78, 5) is 23.1. The van der Waals surface area contributed by atoms with Crippen LogP contribution in [0.2, 0.25) is 0 Å². The molecule has 0 saturated heterocycles. The highest BCUT2D eigenvalue weighted by atomic mass is 16.5. The van der Waals surface area contributed by atoms with Gasteiger partial charge in [0.1, 0.15) is 23.0 Å². The Morgan fingerprint density at radius 3 is 2.16 bits per heavy atom. The number of ether oxygens (including phenoxy) is 4. The van der Waals surface area contributed by atoms with Gasteiger partial charge in [-0.05, 0) is 30.7 Å². The third-order valence-electron chi connectivity index (χ3n) is 4.50. The van der Waals surface area contributed by atoms with Crippen molar-refractivity contribution in [2.45, 2.75) is 12.8 Å². The molecule has 1 amide bonds. The second-order valence-corrected chi connectivity index (χ2v) is 6.61. The van der Waals surface area contributed by atoms with E-state index in [4.69, 9.17) is 24.1 Å². The van der Waals surface area contributed by atoms with E-state index < -0.39 is 5.97 Å². The first-order valence-corrected chi connectivity index (χ1v) is 9.84. The van der Waals surface area contributed by atoms with Crippen LogP contribution in [0.1, 0.15) is 18.4 Å². The molecule has 0 heterocycles. The number of hydrogen-bond donors (Lipinski definition) is 3. The number of carboxylic acids is 1. The summed E-state index contributed by atoms with van der Waals surface area (Å²) in [7, 11) is 6.12. The van der Waals surface area contributed by atoms with Gasteiger partial charge >= 0.3 is 5.97 Å². The molecular formula is C23H28N2O7. The largest absolute Gasteiger partial charge is 0.496 e. The number of benzene rings is 2. The first kappa shape index (κ1) is 24.4. The number of nitrogens with one attached hydrogen (secondary N) is 2. The number of hydrogen-bond acceptors (Lipinski definition) is 7. The fourth-order valence-corrected chi connectivity index (χ4v) is 2.93. The van der Waals surface area contributed by atoms with Gasteiger partial charge in [0.05, 0.1) is 39.7 Å². The zero-order valence-corrected chi connectivity index (χ0v) is 18.6. The molecule has 3 N–H and O–H groups in total. The SMILES string of the molecule is COc1cc(OC)c(C=CC(=O)Nc2ccc(OC)c(NCCCC(=O)O)c2)c(OC)c1. The van der Waals surface area contributed by atoms with E-state index in [1.165, 1.54) is 27.4 Å². The minimum atomic E-state index is -0.850. The number of carbonyl (C=O) groups excluding carboxylic acids is 1. The van der Waals surface area contributed by atoms with Crippen LogP contribution in [0.15, 0.2) is 36.4 Å². The molecule has 0 radical (unpaired) electrons. The van der Waals surface area contributed by atoms with Crippen molar-refractivity contribution in [3.8, 4) is 23.0 Å². The van der Waals surface area contributed by atoms with Crippen LogP contribution in [0, 0.1) is 0 Å². The van der Waals surface area contributed by atoms with Crippen LogP contribution in [0.25, 0.3) is 6.08 Å². The molecule has 0 aromatic heterocycles. The maximum atomic E-state index is 12.5. The average molecular weight is 444 g/mol. The van der Waals surface area contributed by atoms with Crippen molar-refractivity contribution in [1.29, 1.82) is 0 Å². The third-order valence-corrected chi connectivity index (χ3v) is 4.50. The standard InChI is InChI=1S/C23H28N2O7/c1-29-16-13-20(31-3)17(21(14-16)32-4)8-10-22(26)25-15-7-9-19(30-2)18(12-15)24-11-5-6-23(27)28/h7-10,12-14,24H,5-6,11H2,1-4H3,(H,25,26)(H,27,28). The topological polar surface area (TPSA) is 115 Å². The number of anilines is 2. The lowest BCUT2D eigenvalue weighted by atomic mass is 10.1. The molecule has 2 aromatic carbocycles. The first-order valence-electron chi connectivity index (χ1n) is 9.84. The Morgan fingerprint density at radius 2 is 1.59 bits per heavy atom. The summed E-state index contributed by atoms with van der Waals surface area (Å²) in [5, 5.41) is 14.7. The van der Waals surface area contributed by atoms with Crippen LogP contribution < -0.4 is 29.6 Å². The Balaban J connectivity index is 2.13. The van der Waals surface area contributed by atoms with E-state index in [-0.39, 0.29) is 12.3 Å². The van der Waals surface area contributed by atoms with Gasteiger partial charge < -0.3 is 34.7 Å². The fraction of sp³-hybridized carbons (Fsp3) is 0.304.